The van der Waals surface area contributed by atoms with E-state index in [1.54, 1.807) is 45.0 Å². The smallest absolute Gasteiger partial charge is 0.412 e. The highest BCUT2D eigenvalue weighted by molar-refractivity contribution is 5.96. The molecule has 0 saturated carbocycles. The minimum atomic E-state index is -0.584. The SMILES string of the molecule is C[C@@H]1CN(C(C)(C)CNC(=O)c2cccc(NC(=O)OC(C)(C)C)c2)C[C@@H](C)O1. The van der Waals surface area contributed by atoms with Crippen molar-refractivity contribution in [2.45, 2.75) is 71.8 Å². The zero-order valence-corrected chi connectivity index (χ0v) is 18.7. The Labute approximate surface area is 174 Å². The van der Waals surface area contributed by atoms with Crippen molar-refractivity contribution in [3.63, 3.8) is 0 Å². The second kappa shape index (κ2) is 9.13. The van der Waals surface area contributed by atoms with Crippen molar-refractivity contribution < 1.29 is 19.1 Å². The minimum absolute atomic E-state index is 0.171. The van der Waals surface area contributed by atoms with Gasteiger partial charge in [0.05, 0.1) is 12.2 Å². The number of amides is 2. The summed E-state index contributed by atoms with van der Waals surface area (Å²) in [6.45, 7) is 16.0. The summed E-state index contributed by atoms with van der Waals surface area (Å²) in [6, 6.07) is 6.83. The summed E-state index contributed by atoms with van der Waals surface area (Å²) in [4.78, 5) is 27.0. The van der Waals surface area contributed by atoms with E-state index >= 15 is 0 Å². The van der Waals surface area contributed by atoms with Gasteiger partial charge < -0.3 is 14.8 Å². The zero-order chi connectivity index (χ0) is 21.8. The number of carbonyl (C=O) groups is 2. The van der Waals surface area contributed by atoms with Crippen molar-refractivity contribution in [2.24, 2.45) is 0 Å². The van der Waals surface area contributed by atoms with Crippen LogP contribution < -0.4 is 10.6 Å². The van der Waals surface area contributed by atoms with Crippen LogP contribution in [0.1, 0.15) is 58.8 Å². The summed E-state index contributed by atoms with van der Waals surface area (Å²) in [6.07, 6.45) is -0.208. The van der Waals surface area contributed by atoms with E-state index in [4.69, 9.17) is 9.47 Å². The van der Waals surface area contributed by atoms with Gasteiger partial charge in [-0.25, -0.2) is 4.79 Å². The van der Waals surface area contributed by atoms with Crippen LogP contribution in [0.15, 0.2) is 24.3 Å². The molecule has 1 saturated heterocycles. The molecule has 1 heterocycles. The zero-order valence-electron chi connectivity index (χ0n) is 18.7. The maximum Gasteiger partial charge on any atom is 0.412 e. The van der Waals surface area contributed by atoms with Crippen LogP contribution >= 0.6 is 0 Å². The highest BCUT2D eigenvalue weighted by Gasteiger charge is 2.33. The van der Waals surface area contributed by atoms with Crippen molar-refractivity contribution in [3.8, 4) is 0 Å². The fourth-order valence-electron chi connectivity index (χ4n) is 3.34. The Morgan fingerprint density at radius 2 is 1.76 bits per heavy atom. The number of hydrogen-bond donors (Lipinski definition) is 2. The second-order valence-corrected chi connectivity index (χ2v) is 9.37. The van der Waals surface area contributed by atoms with Gasteiger partial charge in [-0.1, -0.05) is 6.07 Å². The Morgan fingerprint density at radius 3 is 2.34 bits per heavy atom. The summed E-state index contributed by atoms with van der Waals surface area (Å²) in [5.41, 5.74) is 0.216. The monoisotopic (exact) mass is 405 g/mol. The van der Waals surface area contributed by atoms with Crippen molar-refractivity contribution >= 4 is 17.7 Å². The summed E-state index contributed by atoms with van der Waals surface area (Å²) in [5, 5.41) is 5.68. The van der Waals surface area contributed by atoms with Gasteiger partial charge in [0.15, 0.2) is 0 Å². The highest BCUT2D eigenvalue weighted by atomic mass is 16.6. The van der Waals surface area contributed by atoms with Crippen LogP contribution in [0.25, 0.3) is 0 Å². The van der Waals surface area contributed by atoms with Crippen molar-refractivity contribution in [3.05, 3.63) is 29.8 Å². The normalized spacial score (nSPS) is 20.8. The maximum absolute atomic E-state index is 12.7. The fourth-order valence-corrected chi connectivity index (χ4v) is 3.34. The van der Waals surface area contributed by atoms with Gasteiger partial charge in [-0.2, -0.15) is 0 Å². The molecule has 0 bridgehead atoms. The van der Waals surface area contributed by atoms with Gasteiger partial charge in [-0.15, -0.1) is 0 Å². The molecule has 2 N–H and O–H groups in total. The predicted octanol–water partition coefficient (Wildman–Crippen LogP) is 3.65. The highest BCUT2D eigenvalue weighted by Crippen LogP contribution is 2.21. The molecule has 1 aromatic rings. The van der Waals surface area contributed by atoms with Gasteiger partial charge in [0.2, 0.25) is 0 Å². The number of hydrogen-bond acceptors (Lipinski definition) is 5. The van der Waals surface area contributed by atoms with Crippen LogP contribution in [0.4, 0.5) is 10.5 Å². The van der Waals surface area contributed by atoms with E-state index in [-0.39, 0.29) is 23.7 Å². The number of nitrogens with one attached hydrogen (secondary N) is 2. The number of benzene rings is 1. The van der Waals surface area contributed by atoms with E-state index in [9.17, 15) is 9.59 Å². The first-order valence-electron chi connectivity index (χ1n) is 10.1. The van der Waals surface area contributed by atoms with Gasteiger partial charge >= 0.3 is 6.09 Å². The van der Waals surface area contributed by atoms with Gasteiger partial charge in [0, 0.05) is 36.4 Å². The quantitative estimate of drug-likeness (QED) is 0.782. The molecule has 0 aliphatic carbocycles. The Kier molecular flexibility index (Phi) is 7.30. The summed E-state index contributed by atoms with van der Waals surface area (Å²) in [7, 11) is 0. The molecule has 2 rings (SSSR count). The summed E-state index contributed by atoms with van der Waals surface area (Å²) < 4.78 is 11.1. The number of morpholine rings is 1. The third-order valence-corrected chi connectivity index (χ3v) is 4.73. The average molecular weight is 406 g/mol. The fraction of sp³-hybridized carbons (Fsp3) is 0.636. The molecule has 1 aliphatic rings. The molecular formula is C22H35N3O4. The maximum atomic E-state index is 12.7. The number of rotatable bonds is 5. The Morgan fingerprint density at radius 1 is 1.14 bits per heavy atom. The van der Waals surface area contributed by atoms with Crippen LogP contribution in [0.2, 0.25) is 0 Å². The van der Waals surface area contributed by atoms with E-state index in [0.29, 0.717) is 17.8 Å². The lowest BCUT2D eigenvalue weighted by molar-refractivity contribution is -0.0948. The van der Waals surface area contributed by atoms with Gasteiger partial charge in [0.1, 0.15) is 5.60 Å². The molecular weight excluding hydrogens is 370 g/mol. The number of anilines is 1. The number of nitrogens with zero attached hydrogens (tertiary/aromatic N) is 1. The lowest BCUT2D eigenvalue weighted by Gasteiger charge is -2.45. The predicted molar refractivity (Wildman–Crippen MR) is 114 cm³/mol. The molecule has 162 valence electrons. The third kappa shape index (κ3) is 7.33. The first-order valence-corrected chi connectivity index (χ1v) is 10.1. The van der Waals surface area contributed by atoms with Crippen molar-refractivity contribution in [1.29, 1.82) is 0 Å². The molecule has 2 atom stereocenters. The molecule has 2 amide bonds. The Hall–Kier alpha value is -2.12. The van der Waals surface area contributed by atoms with E-state index < -0.39 is 11.7 Å². The van der Waals surface area contributed by atoms with Gasteiger partial charge in [-0.3, -0.25) is 15.0 Å². The number of ether oxygens (including phenoxy) is 2. The molecule has 0 radical (unpaired) electrons. The summed E-state index contributed by atoms with van der Waals surface area (Å²) >= 11 is 0. The average Bonchev–Trinajstić information content (AvgIpc) is 2.57. The van der Waals surface area contributed by atoms with Crippen LogP contribution in [-0.2, 0) is 9.47 Å². The van der Waals surface area contributed by atoms with E-state index in [1.165, 1.54) is 0 Å². The van der Waals surface area contributed by atoms with Crippen molar-refractivity contribution in [1.82, 2.24) is 10.2 Å². The van der Waals surface area contributed by atoms with E-state index in [0.717, 1.165) is 13.1 Å². The number of carbonyl (C=O) groups excluding carboxylic acids is 2. The molecule has 0 aromatic heterocycles. The van der Waals surface area contributed by atoms with Crippen molar-refractivity contribution in [2.75, 3.05) is 25.0 Å². The topological polar surface area (TPSA) is 79.9 Å². The van der Waals surface area contributed by atoms with Crippen LogP contribution in [0, 0.1) is 0 Å². The molecule has 1 aliphatic heterocycles. The van der Waals surface area contributed by atoms with E-state index in [1.807, 2.05) is 0 Å². The molecule has 1 aromatic carbocycles. The lowest BCUT2D eigenvalue weighted by Crippen LogP contribution is -2.58. The summed E-state index contributed by atoms with van der Waals surface area (Å²) in [5.74, 6) is -0.180. The van der Waals surface area contributed by atoms with Gasteiger partial charge in [0.25, 0.3) is 5.91 Å². The van der Waals surface area contributed by atoms with Crippen LogP contribution in [0.5, 0.6) is 0 Å². The Balaban J connectivity index is 1.96. The largest absolute Gasteiger partial charge is 0.444 e. The third-order valence-electron chi connectivity index (χ3n) is 4.73. The minimum Gasteiger partial charge on any atom is -0.444 e. The molecule has 1 fully saturated rings. The molecule has 29 heavy (non-hydrogen) atoms. The second-order valence-electron chi connectivity index (χ2n) is 9.37. The van der Waals surface area contributed by atoms with Gasteiger partial charge in [-0.05, 0) is 66.7 Å². The first kappa shape index (κ1) is 23.2. The van der Waals surface area contributed by atoms with E-state index in [2.05, 4.69) is 43.2 Å². The molecule has 7 heteroatoms. The Bertz CT molecular complexity index is 717. The lowest BCUT2D eigenvalue weighted by atomic mass is 10.00. The van der Waals surface area contributed by atoms with Crippen LogP contribution in [-0.4, -0.2) is 59.9 Å². The molecule has 0 unspecified atom stereocenters. The molecule has 7 nitrogen and oxygen atoms in total. The standard InChI is InChI=1S/C22H35N3O4/c1-15-12-25(13-16(2)28-15)22(6,7)14-23-19(26)17-9-8-10-18(11-17)24-20(27)29-21(3,4)5/h8-11,15-16H,12-14H2,1-7H3,(H,23,26)(H,24,27)/t15-,16-/m1/s1. The first-order chi connectivity index (χ1) is 13.4. The van der Waals surface area contributed by atoms with Crippen LogP contribution in [0.3, 0.4) is 0 Å². The molecule has 0 spiro atoms.